The van der Waals surface area contributed by atoms with Crippen LogP contribution in [-0.2, 0) is 20.7 Å². The zero-order valence-corrected chi connectivity index (χ0v) is 17.3. The van der Waals surface area contributed by atoms with Crippen LogP contribution >= 0.6 is 0 Å². The molecule has 2 heterocycles. The van der Waals surface area contributed by atoms with E-state index in [2.05, 4.69) is 0 Å². The maximum Gasteiger partial charge on any atom is 0.309 e. The van der Waals surface area contributed by atoms with Gasteiger partial charge in [-0.3, -0.25) is 14.4 Å². The van der Waals surface area contributed by atoms with E-state index in [1.807, 2.05) is 36.4 Å². The molecule has 160 valence electrons. The summed E-state index contributed by atoms with van der Waals surface area (Å²) in [6, 6.07) is 14.9. The Balaban J connectivity index is 1.22. The Labute approximate surface area is 181 Å². The van der Waals surface area contributed by atoms with Crippen LogP contribution in [0.15, 0.2) is 54.6 Å². The van der Waals surface area contributed by atoms with Crippen molar-refractivity contribution in [1.29, 1.82) is 0 Å². The normalized spacial score (nSPS) is 16.1. The van der Waals surface area contributed by atoms with Crippen LogP contribution in [0, 0.1) is 5.92 Å². The molecule has 4 rings (SSSR count). The summed E-state index contributed by atoms with van der Waals surface area (Å²) >= 11 is 0. The van der Waals surface area contributed by atoms with Crippen LogP contribution in [0.25, 0.3) is 6.08 Å². The standard InChI is InChI=1S/C25H25NO5/c27-22(20-7-8-23-21(16-20)12-15-30-23)17-31-25(29)19-10-13-26(14-11-19)24(28)9-6-18-4-2-1-3-5-18/h1-9,16,19H,10-15,17H2/b9-6+. The number of ketones is 1. The first kappa shape index (κ1) is 20.8. The molecule has 2 aromatic carbocycles. The molecule has 0 radical (unpaired) electrons. The van der Waals surface area contributed by atoms with Gasteiger partial charge in [0.15, 0.2) is 12.4 Å². The molecule has 0 spiro atoms. The largest absolute Gasteiger partial charge is 0.493 e. The molecular weight excluding hydrogens is 394 g/mol. The molecule has 6 heteroatoms. The number of hydrogen-bond acceptors (Lipinski definition) is 5. The van der Waals surface area contributed by atoms with Crippen molar-refractivity contribution in [3.05, 3.63) is 71.3 Å². The second kappa shape index (κ2) is 9.60. The van der Waals surface area contributed by atoms with Crippen molar-refractivity contribution in [1.82, 2.24) is 4.90 Å². The number of piperidine rings is 1. The molecule has 1 amide bonds. The third-order valence-corrected chi connectivity index (χ3v) is 5.71. The fourth-order valence-corrected chi connectivity index (χ4v) is 3.87. The minimum atomic E-state index is -0.371. The SMILES string of the molecule is O=C(COC(=O)C1CCN(C(=O)/C=C/c2ccccc2)CC1)c1ccc2c(c1)CCO2. The molecule has 6 nitrogen and oxygen atoms in total. The second-order valence-electron chi connectivity index (χ2n) is 7.80. The number of fused-ring (bicyclic) bond motifs is 1. The van der Waals surface area contributed by atoms with Gasteiger partial charge in [-0.1, -0.05) is 30.3 Å². The summed E-state index contributed by atoms with van der Waals surface area (Å²) < 4.78 is 10.7. The molecule has 1 fully saturated rings. The number of carbonyl (C=O) groups excluding carboxylic acids is 3. The fraction of sp³-hybridized carbons (Fsp3) is 0.320. The zero-order valence-electron chi connectivity index (χ0n) is 17.3. The van der Waals surface area contributed by atoms with Crippen LogP contribution in [-0.4, -0.2) is 48.9 Å². The first-order valence-corrected chi connectivity index (χ1v) is 10.6. The number of hydrogen-bond donors (Lipinski definition) is 0. The lowest BCUT2D eigenvalue weighted by atomic mass is 9.97. The third-order valence-electron chi connectivity index (χ3n) is 5.71. The van der Waals surface area contributed by atoms with Crippen LogP contribution in [0.3, 0.4) is 0 Å². The van der Waals surface area contributed by atoms with E-state index in [4.69, 9.17) is 9.47 Å². The fourth-order valence-electron chi connectivity index (χ4n) is 3.87. The lowest BCUT2D eigenvalue weighted by Gasteiger charge is -2.30. The highest BCUT2D eigenvalue weighted by Gasteiger charge is 2.28. The Bertz CT molecular complexity index is 990. The van der Waals surface area contributed by atoms with Gasteiger partial charge in [-0.25, -0.2) is 0 Å². The molecule has 2 aromatic rings. The lowest BCUT2D eigenvalue weighted by molar-refractivity contribution is -0.150. The zero-order chi connectivity index (χ0) is 21.6. The van der Waals surface area contributed by atoms with Gasteiger partial charge in [0.05, 0.1) is 12.5 Å². The molecule has 2 aliphatic rings. The third kappa shape index (κ3) is 5.20. The van der Waals surface area contributed by atoms with Gasteiger partial charge in [-0.15, -0.1) is 0 Å². The van der Waals surface area contributed by atoms with E-state index in [0.717, 1.165) is 23.3 Å². The van der Waals surface area contributed by atoms with Crippen LogP contribution < -0.4 is 4.74 Å². The van der Waals surface area contributed by atoms with E-state index in [-0.39, 0.29) is 30.2 Å². The Morgan fingerprint density at radius 2 is 1.84 bits per heavy atom. The highest BCUT2D eigenvalue weighted by atomic mass is 16.5. The first-order chi connectivity index (χ1) is 15.1. The van der Waals surface area contributed by atoms with Gasteiger partial charge in [-0.2, -0.15) is 0 Å². The smallest absolute Gasteiger partial charge is 0.309 e. The van der Waals surface area contributed by atoms with E-state index in [0.29, 0.717) is 38.1 Å². The predicted octanol–water partition coefficient (Wildman–Crippen LogP) is 3.30. The van der Waals surface area contributed by atoms with Crippen molar-refractivity contribution in [2.75, 3.05) is 26.3 Å². The van der Waals surface area contributed by atoms with Gasteiger partial charge in [0.25, 0.3) is 0 Å². The number of amides is 1. The van der Waals surface area contributed by atoms with Crippen LogP contribution in [0.2, 0.25) is 0 Å². The average Bonchev–Trinajstić information content (AvgIpc) is 3.29. The van der Waals surface area contributed by atoms with E-state index < -0.39 is 0 Å². The number of rotatable bonds is 6. The van der Waals surface area contributed by atoms with Gasteiger partial charge in [0, 0.05) is 31.1 Å². The van der Waals surface area contributed by atoms with Crippen LogP contribution in [0.5, 0.6) is 5.75 Å². The van der Waals surface area contributed by atoms with Gasteiger partial charge < -0.3 is 14.4 Å². The summed E-state index contributed by atoms with van der Waals surface area (Å²) in [4.78, 5) is 38.9. The monoisotopic (exact) mass is 419 g/mol. The Kier molecular flexibility index (Phi) is 6.46. The van der Waals surface area contributed by atoms with Crippen molar-refractivity contribution in [3.8, 4) is 5.75 Å². The Hall–Kier alpha value is -3.41. The summed E-state index contributed by atoms with van der Waals surface area (Å²) in [5, 5.41) is 0. The minimum absolute atomic E-state index is 0.0635. The maximum atomic E-state index is 12.4. The first-order valence-electron chi connectivity index (χ1n) is 10.6. The predicted molar refractivity (Wildman–Crippen MR) is 116 cm³/mol. The van der Waals surface area contributed by atoms with Gasteiger partial charge in [-0.05, 0) is 48.2 Å². The van der Waals surface area contributed by atoms with E-state index in [9.17, 15) is 14.4 Å². The number of ether oxygens (including phenoxy) is 2. The van der Waals surface area contributed by atoms with Gasteiger partial charge in [0.2, 0.25) is 5.91 Å². The molecule has 0 N–H and O–H groups in total. The van der Waals surface area contributed by atoms with Crippen molar-refractivity contribution in [3.63, 3.8) is 0 Å². The number of Topliss-reactive ketones (excluding diaryl/α,β-unsaturated/α-hetero) is 1. The number of benzene rings is 2. The number of nitrogens with zero attached hydrogens (tertiary/aromatic N) is 1. The van der Waals surface area contributed by atoms with E-state index in [1.165, 1.54) is 0 Å². The summed E-state index contributed by atoms with van der Waals surface area (Å²) in [7, 11) is 0. The molecule has 0 atom stereocenters. The molecule has 0 saturated carbocycles. The van der Waals surface area contributed by atoms with Crippen molar-refractivity contribution in [2.45, 2.75) is 19.3 Å². The Morgan fingerprint density at radius 1 is 1.06 bits per heavy atom. The number of esters is 1. The van der Waals surface area contributed by atoms with Crippen molar-refractivity contribution < 1.29 is 23.9 Å². The molecule has 0 aliphatic carbocycles. The molecule has 0 aromatic heterocycles. The summed E-state index contributed by atoms with van der Waals surface area (Å²) in [5.74, 6) is -0.130. The molecular formula is C25H25NO5. The Morgan fingerprint density at radius 3 is 2.61 bits per heavy atom. The number of carbonyl (C=O) groups is 3. The molecule has 2 aliphatic heterocycles. The van der Waals surface area contributed by atoms with E-state index in [1.54, 1.807) is 29.2 Å². The molecule has 0 bridgehead atoms. The molecule has 31 heavy (non-hydrogen) atoms. The highest BCUT2D eigenvalue weighted by molar-refractivity contribution is 5.98. The van der Waals surface area contributed by atoms with Crippen molar-refractivity contribution >= 4 is 23.7 Å². The van der Waals surface area contributed by atoms with Crippen molar-refractivity contribution in [2.24, 2.45) is 5.92 Å². The topological polar surface area (TPSA) is 72.9 Å². The lowest BCUT2D eigenvalue weighted by Crippen LogP contribution is -2.40. The van der Waals surface area contributed by atoms with Crippen LogP contribution in [0.1, 0.15) is 34.3 Å². The summed E-state index contributed by atoms with van der Waals surface area (Å²) in [6.45, 7) is 1.36. The van der Waals surface area contributed by atoms with Crippen LogP contribution in [0.4, 0.5) is 0 Å². The average molecular weight is 419 g/mol. The maximum absolute atomic E-state index is 12.4. The minimum Gasteiger partial charge on any atom is -0.493 e. The molecule has 1 saturated heterocycles. The number of likely N-dealkylation sites (tertiary alicyclic amines) is 1. The highest BCUT2D eigenvalue weighted by Crippen LogP contribution is 2.26. The molecule has 0 unspecified atom stereocenters. The summed E-state index contributed by atoms with van der Waals surface area (Å²) in [5.41, 5.74) is 2.51. The van der Waals surface area contributed by atoms with Gasteiger partial charge in [0.1, 0.15) is 5.75 Å². The quantitative estimate of drug-likeness (QED) is 0.408. The second-order valence-corrected chi connectivity index (χ2v) is 7.80. The van der Waals surface area contributed by atoms with E-state index >= 15 is 0 Å². The summed E-state index contributed by atoms with van der Waals surface area (Å²) in [6.07, 6.45) is 5.21. The van der Waals surface area contributed by atoms with Gasteiger partial charge >= 0.3 is 5.97 Å².